The first-order valence-electron chi connectivity index (χ1n) is 22.0. The van der Waals surface area contributed by atoms with E-state index in [1.165, 1.54) is 0 Å². The van der Waals surface area contributed by atoms with Crippen LogP contribution in [0.3, 0.4) is 0 Å². The predicted molar refractivity (Wildman–Crippen MR) is 247 cm³/mol. The first kappa shape index (κ1) is 60.3. The van der Waals surface area contributed by atoms with Gasteiger partial charge in [0.2, 0.25) is 29.5 Å². The molecule has 5 N–H and O–H groups in total. The second-order valence-corrected chi connectivity index (χ2v) is 18.4. The molecule has 20 heteroatoms. The fourth-order valence-corrected chi connectivity index (χ4v) is 6.53. The number of ether oxygens (including phenoxy) is 6. The zero-order valence-electron chi connectivity index (χ0n) is 37.9. The van der Waals surface area contributed by atoms with Crippen molar-refractivity contribution in [1.29, 1.82) is 0 Å². The van der Waals surface area contributed by atoms with Crippen LogP contribution in [0.25, 0.3) is 0 Å². The Balaban J connectivity index is 5.55. The molecule has 18 nitrogen and oxygen atoms in total. The maximum absolute atomic E-state index is 13.6. The van der Waals surface area contributed by atoms with Gasteiger partial charge in [0.1, 0.15) is 19.8 Å². The Bertz CT molecular complexity index is 1360. The van der Waals surface area contributed by atoms with E-state index in [2.05, 4.69) is 56.6 Å². The first-order chi connectivity index (χ1) is 30.9. The Morgan fingerprint density at radius 2 is 0.859 bits per heavy atom. The summed E-state index contributed by atoms with van der Waals surface area (Å²) >= 11 is 4.04. The van der Waals surface area contributed by atoms with Crippen molar-refractivity contribution in [2.75, 3.05) is 118 Å². The van der Waals surface area contributed by atoms with Crippen LogP contribution in [0.15, 0.2) is 0 Å². The molecule has 364 valence electrons. The predicted octanol–water partition coefficient (Wildman–Crippen LogP) is 2.54. The minimum atomic E-state index is -2.80. The third kappa shape index (κ3) is 38.8. The van der Waals surface area contributed by atoms with Gasteiger partial charge in [-0.3, -0.25) is 28.5 Å². The van der Waals surface area contributed by atoms with Gasteiger partial charge in [0.25, 0.3) is 6.57 Å². The van der Waals surface area contributed by atoms with E-state index in [0.29, 0.717) is 59.0 Å². The van der Waals surface area contributed by atoms with E-state index in [9.17, 15) is 28.5 Å². The normalized spacial score (nSPS) is 11.9. The van der Waals surface area contributed by atoms with Crippen LogP contribution in [-0.4, -0.2) is 153 Å². The highest BCUT2D eigenvalue weighted by atomic mass is 32.7. The number of carbonyl (C=O) groups is 5. The van der Waals surface area contributed by atoms with Crippen LogP contribution in [-0.2, 0) is 61.5 Å². The fraction of sp³-hybridized carbons (Fsp3) is 0.750. The monoisotopic (exact) mass is 943 g/mol. The van der Waals surface area contributed by atoms with Gasteiger partial charge in [-0.25, -0.2) is 0 Å². The van der Waals surface area contributed by atoms with Crippen molar-refractivity contribution >= 4 is 48.4 Å². The molecule has 0 aliphatic carbocycles. The topological polar surface area (TPSA) is 227 Å². The summed E-state index contributed by atoms with van der Waals surface area (Å²) in [6.45, 7) is 3.60. The lowest BCUT2D eigenvalue weighted by Gasteiger charge is -2.35. The number of carbonyl (C=O) groups excluding carboxylic acids is 5. The van der Waals surface area contributed by atoms with Gasteiger partial charge in [0, 0.05) is 70.0 Å². The largest absolute Gasteiger partial charge is 0.377 e. The van der Waals surface area contributed by atoms with Gasteiger partial charge in [-0.05, 0) is 38.5 Å². The van der Waals surface area contributed by atoms with E-state index in [1.807, 2.05) is 0 Å². The minimum Gasteiger partial charge on any atom is -0.377 e. The number of hydrogen-bond donors (Lipinski definition) is 6. The van der Waals surface area contributed by atoms with Gasteiger partial charge < -0.3 is 59.5 Å². The molecule has 0 aromatic carbocycles. The molecule has 0 aromatic heterocycles. The van der Waals surface area contributed by atoms with Crippen molar-refractivity contribution in [3.8, 4) is 37.0 Å². The van der Waals surface area contributed by atoms with Crippen LogP contribution < -0.4 is 26.6 Å². The highest BCUT2D eigenvalue weighted by molar-refractivity contribution is 8.46. The number of terminal acetylenes is 3. The third-order valence-corrected chi connectivity index (χ3v) is 11.7. The smallest absolute Gasteiger partial charge is 0.254 e. The van der Waals surface area contributed by atoms with Gasteiger partial charge >= 0.3 is 0 Å². The summed E-state index contributed by atoms with van der Waals surface area (Å²) < 4.78 is 49.1. The summed E-state index contributed by atoms with van der Waals surface area (Å²) in [7, 11) is 0. The summed E-state index contributed by atoms with van der Waals surface area (Å²) in [5.41, 5.74) is -1.14. The molecule has 64 heavy (non-hydrogen) atoms. The Labute approximate surface area is 386 Å². The molecule has 0 heterocycles. The molecule has 0 aromatic rings. The van der Waals surface area contributed by atoms with Crippen molar-refractivity contribution in [1.82, 2.24) is 26.6 Å². The molecule has 0 aliphatic heterocycles. The highest BCUT2D eigenvalue weighted by Gasteiger charge is 2.33. The van der Waals surface area contributed by atoms with Crippen molar-refractivity contribution in [3.63, 3.8) is 0 Å². The van der Waals surface area contributed by atoms with Crippen LogP contribution in [0, 0.1) is 37.0 Å². The maximum atomic E-state index is 13.6. The molecule has 0 saturated heterocycles. The molecule has 0 saturated carbocycles. The molecule has 0 radical (unpaired) electrons. The van der Waals surface area contributed by atoms with E-state index in [1.54, 1.807) is 6.92 Å². The summed E-state index contributed by atoms with van der Waals surface area (Å²) in [5.74, 6) is 5.60. The highest BCUT2D eigenvalue weighted by Crippen LogP contribution is 2.51. The minimum absolute atomic E-state index is 0.000292. The van der Waals surface area contributed by atoms with Gasteiger partial charge in [-0.1, -0.05) is 49.8 Å². The molecular formula is C44H74N5O13PS. The maximum Gasteiger partial charge on any atom is 0.254 e. The second-order valence-electron chi connectivity index (χ2n) is 14.4. The fourth-order valence-electron chi connectivity index (χ4n) is 5.69. The molecule has 0 fully saturated rings. The number of hydrogen-bond acceptors (Lipinski definition) is 13. The summed E-state index contributed by atoms with van der Waals surface area (Å²) in [4.78, 5) is 65.3. The van der Waals surface area contributed by atoms with Gasteiger partial charge in [0.15, 0.2) is 0 Å². The van der Waals surface area contributed by atoms with Crippen LogP contribution in [0.2, 0.25) is 0 Å². The Morgan fingerprint density at radius 3 is 1.28 bits per heavy atom. The zero-order valence-corrected chi connectivity index (χ0v) is 39.6. The number of rotatable bonds is 44. The van der Waals surface area contributed by atoms with Gasteiger partial charge in [0.05, 0.1) is 66.1 Å². The summed E-state index contributed by atoms with van der Waals surface area (Å²) in [6, 6.07) is 0. The molecule has 0 bridgehead atoms. The van der Waals surface area contributed by atoms with Crippen molar-refractivity contribution < 1.29 is 61.5 Å². The lowest BCUT2D eigenvalue weighted by atomic mass is 9.82. The molecule has 0 rings (SSSR count). The summed E-state index contributed by atoms with van der Waals surface area (Å²) in [6.07, 6.45) is 19.7. The Morgan fingerprint density at radius 1 is 0.484 bits per heavy atom. The molecule has 5 amide bonds. The summed E-state index contributed by atoms with van der Waals surface area (Å²) in [5, 5.41) is 14.3. The van der Waals surface area contributed by atoms with Gasteiger partial charge in [-0.15, -0.1) is 19.3 Å². The van der Waals surface area contributed by atoms with E-state index in [4.69, 9.17) is 52.2 Å². The third-order valence-electron chi connectivity index (χ3n) is 9.17. The van der Waals surface area contributed by atoms with Crippen LogP contribution >= 0.6 is 18.8 Å². The number of thiol groups is 1. The average Bonchev–Trinajstić information content (AvgIpc) is 3.27. The number of unbranched alkanes of at least 4 members (excludes halogenated alkanes) is 3. The molecule has 0 spiro atoms. The van der Waals surface area contributed by atoms with Crippen LogP contribution in [0.4, 0.5) is 0 Å². The van der Waals surface area contributed by atoms with Crippen LogP contribution in [0.1, 0.15) is 90.4 Å². The zero-order chi connectivity index (χ0) is 47.4. The van der Waals surface area contributed by atoms with E-state index in [-0.39, 0.29) is 147 Å². The number of nitrogens with one attached hydrogen (secondary N) is 5. The first-order valence-corrected chi connectivity index (χ1v) is 25.0. The molecule has 1 atom stereocenters. The Kier molecular flexibility index (Phi) is 39.6. The lowest BCUT2D eigenvalue weighted by molar-refractivity contribution is -0.128. The van der Waals surface area contributed by atoms with Gasteiger partial charge in [-0.2, -0.15) is 0 Å². The van der Waals surface area contributed by atoms with E-state index in [0.717, 1.165) is 25.7 Å². The van der Waals surface area contributed by atoms with E-state index >= 15 is 0 Å². The molecule has 1 unspecified atom stereocenters. The van der Waals surface area contributed by atoms with E-state index < -0.39 is 12.1 Å². The molecule has 0 aliphatic rings. The Hall–Kier alpha value is -3.67. The quantitative estimate of drug-likeness (QED) is 0.0224. The second kappa shape index (κ2) is 42.0. The average molecular weight is 944 g/mol. The standard InChI is InChI=1S/C44H74N5O13PS/c1-5-26-56-33-36-59-30-23-46-40(51)16-19-44(20-17-41(52)47-24-31-60-37-34-57-27-6-2,21-18-42(53)48-25-32-61-38-35-58-28-7-3)49-43(54)15-13-14-39(50)45-22-11-9-10-12-29-62-63(55,64)8-4/h1-3H,8-38H2,4H3,(H,45,50)(H,46,51)(H,47,52)(H,48,53)(H,49,54)(H,55,64). The van der Waals surface area contributed by atoms with Crippen molar-refractivity contribution in [2.24, 2.45) is 0 Å². The SMILES string of the molecule is C#CCOCCOCCNC(=O)CCC(CCC(=O)NCCOCCOCC#C)(CCC(=O)NCCOCCOCC#C)NC(=O)CCCC(=O)NCCCCCCOP(=O)(S)CC. The van der Waals surface area contributed by atoms with Crippen LogP contribution in [0.5, 0.6) is 0 Å². The van der Waals surface area contributed by atoms with Crippen molar-refractivity contribution in [3.05, 3.63) is 0 Å². The lowest BCUT2D eigenvalue weighted by Crippen LogP contribution is -2.50. The number of amides is 5. The van der Waals surface area contributed by atoms with Crippen molar-refractivity contribution in [2.45, 2.75) is 95.9 Å². The molecular weight excluding hydrogens is 870 g/mol.